The molecule has 30 heavy (non-hydrogen) atoms. The molecule has 1 aromatic rings. The molecule has 2 aliphatic heterocycles. The third kappa shape index (κ3) is 5.90. The first-order valence-electron chi connectivity index (χ1n) is 10.3. The topological polar surface area (TPSA) is 92.0 Å². The first kappa shape index (κ1) is 24.0. The molecule has 2 heterocycles. The van der Waals surface area contributed by atoms with E-state index in [0.717, 1.165) is 31.4 Å². The van der Waals surface area contributed by atoms with Gasteiger partial charge in [-0.3, -0.25) is 0 Å². The Bertz CT molecular complexity index is 789. The van der Waals surface area contributed by atoms with Crippen molar-refractivity contribution in [2.75, 3.05) is 13.1 Å². The fourth-order valence-corrected chi connectivity index (χ4v) is 3.00. The van der Waals surface area contributed by atoms with Gasteiger partial charge in [0.25, 0.3) is 0 Å². The highest BCUT2D eigenvalue weighted by Crippen LogP contribution is 2.36. The van der Waals surface area contributed by atoms with Crippen molar-refractivity contribution < 1.29 is 23.9 Å². The van der Waals surface area contributed by atoms with Crippen LogP contribution in [0.3, 0.4) is 0 Å². The number of likely N-dealkylation sites (tertiary alicyclic amines) is 1. The van der Waals surface area contributed by atoms with E-state index in [1.54, 1.807) is 17.0 Å². The number of hydrogen-bond acceptors (Lipinski definition) is 6. The number of phenolic OH excluding ortho intramolecular Hbond substituents is 1. The van der Waals surface area contributed by atoms with Crippen molar-refractivity contribution >= 4 is 18.7 Å². The van der Waals surface area contributed by atoms with E-state index < -0.39 is 18.3 Å². The third-order valence-electron chi connectivity index (χ3n) is 5.42. The molecule has 0 aromatic heterocycles. The van der Waals surface area contributed by atoms with Crippen molar-refractivity contribution in [3.05, 3.63) is 23.8 Å². The van der Waals surface area contributed by atoms with Gasteiger partial charge in [-0.05, 0) is 78.9 Å². The Morgan fingerprint density at radius 3 is 2.17 bits per heavy atom. The fraction of sp³-hybridized carbons (Fsp3) is 0.636. The minimum atomic E-state index is -0.511. The lowest BCUT2D eigenvalue weighted by Gasteiger charge is -2.32. The molecule has 0 unspecified atom stereocenters. The minimum absolute atomic E-state index is 0.0298. The maximum atomic E-state index is 11.4. The number of hydrogen-bond donors (Lipinski definition) is 1. The molecule has 0 aliphatic carbocycles. The van der Waals surface area contributed by atoms with Gasteiger partial charge >= 0.3 is 13.2 Å². The molecule has 1 N–H and O–H groups in total. The average Bonchev–Trinajstić information content (AvgIpc) is 3.21. The molecule has 2 saturated heterocycles. The maximum absolute atomic E-state index is 11.4. The standard InChI is InChI=1S/C13H16BNO3.C9H17NO2/c1-12(2)13(3,4)18-14(17-12)10-5-6-11(16)9(7-10)8-15;1-9(2,3)12-8(11)10-6-4-5-7-10/h5-7,16H,1-4H3;4-7H2,1-3H3. The van der Waals surface area contributed by atoms with Gasteiger partial charge < -0.3 is 24.1 Å². The Kier molecular flexibility index (Phi) is 7.10. The molecule has 164 valence electrons. The summed E-state index contributed by atoms with van der Waals surface area (Å²) in [5.74, 6) is -0.0298. The average molecular weight is 416 g/mol. The van der Waals surface area contributed by atoms with Gasteiger partial charge in [-0.1, -0.05) is 6.07 Å². The van der Waals surface area contributed by atoms with Gasteiger partial charge in [0.15, 0.2) is 0 Å². The summed E-state index contributed by atoms with van der Waals surface area (Å²) >= 11 is 0. The van der Waals surface area contributed by atoms with Crippen molar-refractivity contribution in [2.45, 2.75) is 78.1 Å². The van der Waals surface area contributed by atoms with Gasteiger partial charge in [0.1, 0.15) is 17.4 Å². The maximum Gasteiger partial charge on any atom is 0.494 e. The SMILES string of the molecule is CC(C)(C)OC(=O)N1CCCC1.CC1(C)OB(c2ccc(O)c(C#N)c2)OC1(C)C. The first-order chi connectivity index (χ1) is 13.8. The second-order valence-corrected chi connectivity index (χ2v) is 9.65. The van der Waals surface area contributed by atoms with Gasteiger partial charge in [0.05, 0.1) is 16.8 Å². The van der Waals surface area contributed by atoms with Crippen LogP contribution in [0, 0.1) is 11.3 Å². The Morgan fingerprint density at radius 1 is 1.17 bits per heavy atom. The lowest BCUT2D eigenvalue weighted by atomic mass is 9.78. The zero-order valence-corrected chi connectivity index (χ0v) is 19.1. The number of benzene rings is 1. The van der Waals surface area contributed by atoms with E-state index >= 15 is 0 Å². The fourth-order valence-electron chi connectivity index (χ4n) is 3.00. The molecule has 2 aliphatic rings. The molecule has 0 radical (unpaired) electrons. The summed E-state index contributed by atoms with van der Waals surface area (Å²) in [6.45, 7) is 15.3. The molecule has 0 spiro atoms. The van der Waals surface area contributed by atoms with Crippen molar-refractivity contribution in [3.63, 3.8) is 0 Å². The molecule has 1 amide bonds. The highest BCUT2D eigenvalue weighted by molar-refractivity contribution is 6.62. The predicted octanol–water partition coefficient (Wildman–Crippen LogP) is 3.58. The number of carbonyl (C=O) groups is 1. The number of nitriles is 1. The van der Waals surface area contributed by atoms with Crippen LogP contribution in [-0.2, 0) is 14.0 Å². The van der Waals surface area contributed by atoms with Crippen LogP contribution in [0.15, 0.2) is 18.2 Å². The molecule has 2 fully saturated rings. The molecular weight excluding hydrogens is 383 g/mol. The second-order valence-electron chi connectivity index (χ2n) is 9.65. The summed E-state index contributed by atoms with van der Waals surface area (Å²) in [6, 6.07) is 6.73. The lowest BCUT2D eigenvalue weighted by Crippen LogP contribution is -2.41. The second kappa shape index (κ2) is 8.87. The van der Waals surface area contributed by atoms with Crippen LogP contribution < -0.4 is 5.46 Å². The van der Waals surface area contributed by atoms with Gasteiger partial charge in [-0.25, -0.2) is 4.79 Å². The zero-order valence-electron chi connectivity index (χ0n) is 19.1. The molecule has 1 aromatic carbocycles. The Labute approximate surface area is 180 Å². The first-order valence-corrected chi connectivity index (χ1v) is 10.3. The van der Waals surface area contributed by atoms with E-state index in [-0.39, 0.29) is 23.0 Å². The Hall–Kier alpha value is -2.24. The van der Waals surface area contributed by atoms with Gasteiger partial charge in [0.2, 0.25) is 0 Å². The normalized spacial score (nSPS) is 19.7. The smallest absolute Gasteiger partial charge is 0.494 e. The van der Waals surface area contributed by atoms with Crippen molar-refractivity contribution in [1.82, 2.24) is 4.90 Å². The molecule has 7 nitrogen and oxygen atoms in total. The van der Waals surface area contributed by atoms with Crippen LogP contribution in [0.2, 0.25) is 0 Å². The summed E-state index contributed by atoms with van der Waals surface area (Å²) in [7, 11) is -0.511. The number of phenols is 1. The Morgan fingerprint density at radius 2 is 1.70 bits per heavy atom. The summed E-state index contributed by atoms with van der Waals surface area (Å²) in [5, 5.41) is 18.4. The number of nitrogens with zero attached hydrogens (tertiary/aromatic N) is 2. The monoisotopic (exact) mass is 416 g/mol. The largest absolute Gasteiger partial charge is 0.507 e. The molecule has 8 heteroatoms. The summed E-state index contributed by atoms with van der Waals surface area (Å²) in [6.07, 6.45) is 2.05. The van der Waals surface area contributed by atoms with Crippen LogP contribution in [-0.4, -0.2) is 53.1 Å². The number of amides is 1. The van der Waals surface area contributed by atoms with E-state index in [9.17, 15) is 9.90 Å². The number of rotatable bonds is 1. The van der Waals surface area contributed by atoms with Crippen molar-refractivity contribution in [3.8, 4) is 11.8 Å². The highest BCUT2D eigenvalue weighted by atomic mass is 16.7. The molecule has 3 rings (SSSR count). The summed E-state index contributed by atoms with van der Waals surface area (Å²) in [4.78, 5) is 13.1. The quantitative estimate of drug-likeness (QED) is 0.704. The third-order valence-corrected chi connectivity index (χ3v) is 5.42. The number of carbonyl (C=O) groups excluding carboxylic acids is 1. The highest BCUT2D eigenvalue weighted by Gasteiger charge is 2.51. The number of ether oxygens (including phenoxy) is 1. The molecular formula is C22H33BN2O5. The minimum Gasteiger partial charge on any atom is -0.507 e. The van der Waals surface area contributed by atoms with E-state index in [0.29, 0.717) is 0 Å². The van der Waals surface area contributed by atoms with Gasteiger partial charge in [-0.2, -0.15) is 5.26 Å². The predicted molar refractivity (Wildman–Crippen MR) is 116 cm³/mol. The van der Waals surface area contributed by atoms with Crippen LogP contribution in [0.25, 0.3) is 0 Å². The molecule has 0 bridgehead atoms. The van der Waals surface area contributed by atoms with Gasteiger partial charge in [-0.15, -0.1) is 0 Å². The van der Waals surface area contributed by atoms with Crippen molar-refractivity contribution in [2.24, 2.45) is 0 Å². The molecule has 0 atom stereocenters. The van der Waals surface area contributed by atoms with E-state index in [1.807, 2.05) is 54.5 Å². The van der Waals surface area contributed by atoms with E-state index in [2.05, 4.69) is 0 Å². The van der Waals surface area contributed by atoms with Crippen LogP contribution in [0.4, 0.5) is 4.79 Å². The molecule has 0 saturated carbocycles. The van der Waals surface area contributed by atoms with E-state index in [4.69, 9.17) is 19.3 Å². The summed E-state index contributed by atoms with van der Waals surface area (Å²) in [5.41, 5.74) is -0.227. The van der Waals surface area contributed by atoms with Gasteiger partial charge in [0, 0.05) is 13.1 Å². The van der Waals surface area contributed by atoms with E-state index in [1.165, 1.54) is 6.07 Å². The lowest BCUT2D eigenvalue weighted by molar-refractivity contribution is 0.00578. The van der Waals surface area contributed by atoms with Crippen LogP contribution in [0.5, 0.6) is 5.75 Å². The van der Waals surface area contributed by atoms with Crippen LogP contribution >= 0.6 is 0 Å². The summed E-state index contributed by atoms with van der Waals surface area (Å²) < 4.78 is 17.0. The van der Waals surface area contributed by atoms with Crippen molar-refractivity contribution in [1.29, 1.82) is 5.26 Å². The zero-order chi connectivity index (χ0) is 22.7. The Balaban J connectivity index is 0.000000232. The van der Waals surface area contributed by atoms with Crippen LogP contribution in [0.1, 0.15) is 66.9 Å². The number of aromatic hydroxyl groups is 1.